The van der Waals surface area contributed by atoms with Gasteiger partial charge in [0.1, 0.15) is 11.6 Å². The van der Waals surface area contributed by atoms with Crippen molar-refractivity contribution in [2.45, 2.75) is 18.9 Å². The van der Waals surface area contributed by atoms with Gasteiger partial charge in [0, 0.05) is 17.1 Å². The van der Waals surface area contributed by atoms with E-state index < -0.39 is 0 Å². The highest BCUT2D eigenvalue weighted by atomic mass is 79.9. The average molecular weight is 384 g/mol. The number of fused-ring (bicyclic) bond motifs is 1. The van der Waals surface area contributed by atoms with Crippen molar-refractivity contribution in [2.24, 2.45) is 0 Å². The zero-order chi connectivity index (χ0) is 16.5. The number of rotatable bonds is 4. The fraction of sp³-hybridized carbons (Fsp3) is 0.167. The van der Waals surface area contributed by atoms with Gasteiger partial charge in [-0.2, -0.15) is 0 Å². The highest BCUT2D eigenvalue weighted by Gasteiger charge is 2.24. The number of nitrogens with zero attached hydrogens (tertiary/aromatic N) is 2. The minimum absolute atomic E-state index is 0.231. The molecule has 120 valence electrons. The first-order valence-electron chi connectivity index (χ1n) is 7.68. The molecule has 0 spiro atoms. The third kappa shape index (κ3) is 3.23. The van der Waals surface area contributed by atoms with Crippen LogP contribution in [0.5, 0.6) is 5.75 Å². The first-order chi connectivity index (χ1) is 11.7. The number of ether oxygens (including phenoxy) is 1. The van der Waals surface area contributed by atoms with Crippen LogP contribution in [0.4, 0.5) is 5.82 Å². The Labute approximate surface area is 147 Å². The monoisotopic (exact) mass is 383 g/mol. The summed E-state index contributed by atoms with van der Waals surface area (Å²) < 4.78 is 6.65. The van der Waals surface area contributed by atoms with Crippen molar-refractivity contribution in [1.29, 1.82) is 0 Å². The number of benzene rings is 1. The maximum Gasteiger partial charge on any atom is 0.256 e. The zero-order valence-electron chi connectivity index (χ0n) is 12.7. The summed E-state index contributed by atoms with van der Waals surface area (Å²) in [6.45, 7) is 0. The van der Waals surface area contributed by atoms with Crippen LogP contribution in [0.1, 0.15) is 23.2 Å². The van der Waals surface area contributed by atoms with Gasteiger partial charge in [-0.05, 0) is 71.2 Å². The van der Waals surface area contributed by atoms with Gasteiger partial charge in [0.05, 0.1) is 10.6 Å². The molecular formula is C18H14BrN3O2. The minimum atomic E-state index is -0.231. The van der Waals surface area contributed by atoms with Crippen LogP contribution in [-0.2, 0) is 0 Å². The molecular weight excluding hydrogens is 370 g/mol. The van der Waals surface area contributed by atoms with Gasteiger partial charge in [0.15, 0.2) is 5.65 Å². The summed E-state index contributed by atoms with van der Waals surface area (Å²) in [4.78, 5) is 21.0. The predicted molar refractivity (Wildman–Crippen MR) is 95.3 cm³/mol. The van der Waals surface area contributed by atoms with Crippen LogP contribution in [0, 0.1) is 0 Å². The van der Waals surface area contributed by atoms with Gasteiger partial charge in [-0.3, -0.25) is 4.79 Å². The molecule has 5 nitrogen and oxygen atoms in total. The molecule has 2 heterocycles. The summed E-state index contributed by atoms with van der Waals surface area (Å²) >= 11 is 3.45. The van der Waals surface area contributed by atoms with Crippen LogP contribution in [-0.4, -0.2) is 22.0 Å². The molecule has 1 amide bonds. The Morgan fingerprint density at radius 3 is 2.92 bits per heavy atom. The molecule has 1 aliphatic rings. The molecule has 4 rings (SSSR count). The quantitative estimate of drug-likeness (QED) is 0.733. The second-order valence-corrected chi connectivity index (χ2v) is 6.52. The SMILES string of the molecule is O=C(Nc1ccc2cccnc2n1)c1ccc(Br)c(OC2CC2)c1. The Morgan fingerprint density at radius 1 is 1.21 bits per heavy atom. The lowest BCUT2D eigenvalue weighted by molar-refractivity contribution is 0.102. The van der Waals surface area contributed by atoms with Gasteiger partial charge in [0.25, 0.3) is 5.91 Å². The molecule has 1 fully saturated rings. The van der Waals surface area contributed by atoms with Crippen LogP contribution < -0.4 is 10.1 Å². The molecule has 3 aromatic rings. The van der Waals surface area contributed by atoms with E-state index in [0.717, 1.165) is 22.7 Å². The largest absolute Gasteiger partial charge is 0.489 e. The van der Waals surface area contributed by atoms with E-state index in [4.69, 9.17) is 4.74 Å². The number of aromatic nitrogens is 2. The van der Waals surface area contributed by atoms with Gasteiger partial charge in [-0.15, -0.1) is 0 Å². The standard InChI is InChI=1S/C18H14BrN3O2/c19-14-7-3-12(10-15(14)24-13-5-6-13)18(23)22-16-8-4-11-2-1-9-20-17(11)21-16/h1-4,7-10,13H,5-6H2,(H,20,21,22,23). The van der Waals surface area contributed by atoms with Gasteiger partial charge in [0.2, 0.25) is 0 Å². The summed E-state index contributed by atoms with van der Waals surface area (Å²) in [5, 5.41) is 3.73. The first-order valence-corrected chi connectivity index (χ1v) is 8.48. The molecule has 0 bridgehead atoms. The molecule has 0 aliphatic heterocycles. The lowest BCUT2D eigenvalue weighted by atomic mass is 10.2. The van der Waals surface area contributed by atoms with Gasteiger partial charge in [-0.25, -0.2) is 9.97 Å². The number of carbonyl (C=O) groups excluding carboxylic acids is 1. The molecule has 1 saturated carbocycles. The molecule has 2 aromatic heterocycles. The average Bonchev–Trinajstić information content (AvgIpc) is 3.41. The van der Waals surface area contributed by atoms with Crippen molar-refractivity contribution >= 4 is 38.7 Å². The second kappa shape index (κ2) is 6.20. The van der Waals surface area contributed by atoms with E-state index >= 15 is 0 Å². The zero-order valence-corrected chi connectivity index (χ0v) is 14.3. The maximum atomic E-state index is 12.5. The Hall–Kier alpha value is -2.47. The van der Waals surface area contributed by atoms with Gasteiger partial charge >= 0.3 is 0 Å². The summed E-state index contributed by atoms with van der Waals surface area (Å²) in [5.74, 6) is 0.933. The normalized spacial score (nSPS) is 13.7. The number of pyridine rings is 2. The molecule has 0 unspecified atom stereocenters. The van der Waals surface area contributed by atoms with Crippen molar-refractivity contribution in [2.75, 3.05) is 5.32 Å². The Bertz CT molecular complexity index is 925. The van der Waals surface area contributed by atoms with Gasteiger partial charge < -0.3 is 10.1 Å². The van der Waals surface area contributed by atoms with Crippen LogP contribution in [0.15, 0.2) is 53.1 Å². The molecule has 1 aromatic carbocycles. The smallest absolute Gasteiger partial charge is 0.256 e. The number of amides is 1. The highest BCUT2D eigenvalue weighted by Crippen LogP contribution is 2.33. The third-order valence-corrected chi connectivity index (χ3v) is 4.37. The molecule has 1 aliphatic carbocycles. The summed E-state index contributed by atoms with van der Waals surface area (Å²) in [7, 11) is 0. The molecule has 0 radical (unpaired) electrons. The number of nitrogens with one attached hydrogen (secondary N) is 1. The number of carbonyl (C=O) groups is 1. The van der Waals surface area contributed by atoms with Crippen molar-refractivity contribution in [3.05, 3.63) is 58.7 Å². The van der Waals surface area contributed by atoms with E-state index in [1.165, 1.54) is 0 Å². The van der Waals surface area contributed by atoms with E-state index in [-0.39, 0.29) is 12.0 Å². The van der Waals surface area contributed by atoms with Crippen molar-refractivity contribution in [1.82, 2.24) is 9.97 Å². The predicted octanol–water partition coefficient (Wildman–Crippen LogP) is 4.19. The molecule has 1 N–H and O–H groups in total. The minimum Gasteiger partial charge on any atom is -0.489 e. The Balaban J connectivity index is 1.56. The van der Waals surface area contributed by atoms with Crippen molar-refractivity contribution in [3.63, 3.8) is 0 Å². The topological polar surface area (TPSA) is 64.1 Å². The van der Waals surface area contributed by atoms with E-state index in [2.05, 4.69) is 31.2 Å². The van der Waals surface area contributed by atoms with Crippen molar-refractivity contribution < 1.29 is 9.53 Å². The highest BCUT2D eigenvalue weighted by molar-refractivity contribution is 9.10. The van der Waals surface area contributed by atoms with Crippen LogP contribution >= 0.6 is 15.9 Å². The fourth-order valence-electron chi connectivity index (χ4n) is 2.31. The lowest BCUT2D eigenvalue weighted by Gasteiger charge is -2.10. The second-order valence-electron chi connectivity index (χ2n) is 5.66. The number of hydrogen-bond donors (Lipinski definition) is 1. The summed E-state index contributed by atoms with van der Waals surface area (Å²) in [6.07, 6.45) is 4.08. The number of anilines is 1. The van der Waals surface area contributed by atoms with E-state index in [9.17, 15) is 4.79 Å². The van der Waals surface area contributed by atoms with Crippen LogP contribution in [0.2, 0.25) is 0 Å². The van der Waals surface area contributed by atoms with Gasteiger partial charge in [-0.1, -0.05) is 0 Å². The Morgan fingerprint density at radius 2 is 2.08 bits per heavy atom. The number of halogens is 1. The number of hydrogen-bond acceptors (Lipinski definition) is 4. The fourth-order valence-corrected chi connectivity index (χ4v) is 2.65. The van der Waals surface area contributed by atoms with Crippen molar-refractivity contribution in [3.8, 4) is 5.75 Å². The Kier molecular flexibility index (Phi) is 3.90. The van der Waals surface area contributed by atoms with Crippen LogP contribution in [0.25, 0.3) is 11.0 Å². The molecule has 24 heavy (non-hydrogen) atoms. The van der Waals surface area contributed by atoms with E-state index in [1.54, 1.807) is 24.4 Å². The maximum absolute atomic E-state index is 12.5. The first kappa shape index (κ1) is 15.1. The lowest BCUT2D eigenvalue weighted by Crippen LogP contribution is -2.13. The summed E-state index contributed by atoms with van der Waals surface area (Å²) in [6, 6.07) is 12.7. The van der Waals surface area contributed by atoms with E-state index in [1.807, 2.05) is 24.3 Å². The molecule has 0 saturated heterocycles. The van der Waals surface area contributed by atoms with Crippen LogP contribution in [0.3, 0.4) is 0 Å². The summed E-state index contributed by atoms with van der Waals surface area (Å²) in [5.41, 5.74) is 1.13. The van der Waals surface area contributed by atoms with E-state index in [0.29, 0.717) is 22.8 Å². The molecule has 0 atom stereocenters. The third-order valence-electron chi connectivity index (χ3n) is 3.72. The molecule has 6 heteroatoms.